The molecule has 0 aromatic heterocycles. The quantitative estimate of drug-likeness (QED) is 0.179. The van der Waals surface area contributed by atoms with Crippen LogP contribution in [0.5, 0.6) is 17.2 Å². The summed E-state index contributed by atoms with van der Waals surface area (Å²) in [5.74, 6) is 1.89. The van der Waals surface area contributed by atoms with E-state index >= 15 is 0 Å². The highest BCUT2D eigenvalue weighted by Gasteiger charge is 2.34. The second-order valence-corrected chi connectivity index (χ2v) is 12.3. The summed E-state index contributed by atoms with van der Waals surface area (Å²) in [5, 5.41) is 12.4. The number of fused-ring (bicyclic) bond motifs is 5. The van der Waals surface area contributed by atoms with Crippen molar-refractivity contribution in [1.29, 1.82) is 0 Å². The molecule has 232 valence electrons. The first kappa shape index (κ1) is 30.3. The van der Waals surface area contributed by atoms with Crippen molar-refractivity contribution in [2.45, 2.75) is 69.7 Å². The van der Waals surface area contributed by atoms with Gasteiger partial charge in [-0.05, 0) is 49.1 Å². The Bertz CT molecular complexity index is 1570. The molecule has 44 heavy (non-hydrogen) atoms. The molecule has 0 saturated carbocycles. The number of alkyl halides is 1. The second-order valence-electron chi connectivity index (χ2n) is 12.0. The summed E-state index contributed by atoms with van der Waals surface area (Å²) in [6.07, 6.45) is 10.0. The summed E-state index contributed by atoms with van der Waals surface area (Å²) in [7, 11) is 1.59. The van der Waals surface area contributed by atoms with Crippen LogP contribution in [0, 0.1) is 0 Å². The lowest BCUT2D eigenvalue weighted by Crippen LogP contribution is -2.43. The zero-order valence-electron chi connectivity index (χ0n) is 25.3. The number of anilines is 1. The number of aliphatic imine (C=N–C) groups is 1. The lowest BCUT2D eigenvalue weighted by molar-refractivity contribution is -0.118. The number of nitrogens with zero attached hydrogens (tertiary/aromatic N) is 3. The van der Waals surface area contributed by atoms with E-state index in [0.717, 1.165) is 79.9 Å². The SMILES string of the molecule is COc1cc2c(cc1OCCCCCCCC(=O)N1C[C@@H](CCl)c3c1cc(O)c1ccccc31)N=C[C@@H]1CCCCN1C2=O. The molecule has 0 unspecified atom stereocenters. The van der Waals surface area contributed by atoms with E-state index in [9.17, 15) is 14.7 Å². The molecule has 3 aliphatic heterocycles. The molecule has 2 amide bonds. The predicted molar refractivity (Wildman–Crippen MR) is 174 cm³/mol. The first-order chi connectivity index (χ1) is 21.5. The minimum atomic E-state index is 0.00461. The van der Waals surface area contributed by atoms with Gasteiger partial charge in [0.1, 0.15) is 5.75 Å². The molecule has 0 spiro atoms. The molecular weight excluding hydrogens is 578 g/mol. The average Bonchev–Trinajstić information content (AvgIpc) is 3.36. The van der Waals surface area contributed by atoms with Crippen molar-refractivity contribution >= 4 is 51.8 Å². The summed E-state index contributed by atoms with van der Waals surface area (Å²) in [6, 6.07) is 13.1. The number of hydrogen-bond acceptors (Lipinski definition) is 6. The Labute approximate surface area is 263 Å². The van der Waals surface area contributed by atoms with Crippen LogP contribution in [0.25, 0.3) is 10.8 Å². The minimum absolute atomic E-state index is 0.00461. The van der Waals surface area contributed by atoms with Crippen molar-refractivity contribution in [2.75, 3.05) is 37.6 Å². The Morgan fingerprint density at radius 3 is 2.66 bits per heavy atom. The second kappa shape index (κ2) is 13.5. The van der Waals surface area contributed by atoms with Gasteiger partial charge in [-0.2, -0.15) is 0 Å². The van der Waals surface area contributed by atoms with E-state index < -0.39 is 0 Å². The molecule has 3 aliphatic rings. The summed E-state index contributed by atoms with van der Waals surface area (Å²) >= 11 is 6.32. The van der Waals surface area contributed by atoms with E-state index in [2.05, 4.69) is 4.99 Å². The Morgan fingerprint density at radius 1 is 1.05 bits per heavy atom. The molecule has 1 saturated heterocycles. The van der Waals surface area contributed by atoms with Crippen LogP contribution in [0.4, 0.5) is 11.4 Å². The maximum atomic E-state index is 13.2. The number of benzene rings is 3. The molecular formula is C35H40ClN3O5. The lowest BCUT2D eigenvalue weighted by Gasteiger charge is -2.32. The highest BCUT2D eigenvalue weighted by atomic mass is 35.5. The van der Waals surface area contributed by atoms with Crippen LogP contribution in [0.15, 0.2) is 47.5 Å². The van der Waals surface area contributed by atoms with Gasteiger partial charge < -0.3 is 24.4 Å². The van der Waals surface area contributed by atoms with Crippen molar-refractivity contribution in [3.05, 3.63) is 53.6 Å². The molecule has 2 atom stereocenters. The van der Waals surface area contributed by atoms with Gasteiger partial charge in [-0.3, -0.25) is 14.6 Å². The summed E-state index contributed by atoms with van der Waals surface area (Å²) in [6.45, 7) is 1.83. The fourth-order valence-corrected chi connectivity index (χ4v) is 7.05. The van der Waals surface area contributed by atoms with Crippen LogP contribution in [-0.4, -0.2) is 66.8 Å². The molecule has 8 nitrogen and oxygen atoms in total. The van der Waals surface area contributed by atoms with Gasteiger partial charge in [0.25, 0.3) is 5.91 Å². The lowest BCUT2D eigenvalue weighted by atomic mass is 9.95. The topological polar surface area (TPSA) is 91.7 Å². The van der Waals surface area contributed by atoms with Crippen LogP contribution in [-0.2, 0) is 4.79 Å². The van der Waals surface area contributed by atoms with E-state index in [1.54, 1.807) is 24.1 Å². The monoisotopic (exact) mass is 617 g/mol. The van der Waals surface area contributed by atoms with E-state index in [-0.39, 0.29) is 29.5 Å². The first-order valence-corrected chi connectivity index (χ1v) is 16.3. The Morgan fingerprint density at radius 2 is 1.84 bits per heavy atom. The van der Waals surface area contributed by atoms with Gasteiger partial charge in [0.15, 0.2) is 11.5 Å². The van der Waals surface area contributed by atoms with Crippen molar-refractivity contribution in [1.82, 2.24) is 4.90 Å². The number of unbranched alkanes of at least 4 members (excludes halogenated alkanes) is 4. The number of phenolic OH excluding ortho intramolecular Hbond substituents is 1. The summed E-state index contributed by atoms with van der Waals surface area (Å²) in [4.78, 5) is 34.8. The normalized spacial score (nSPS) is 19.0. The number of halogens is 1. The van der Waals surface area contributed by atoms with Gasteiger partial charge >= 0.3 is 0 Å². The number of ether oxygens (including phenoxy) is 2. The molecule has 3 heterocycles. The maximum absolute atomic E-state index is 13.2. The van der Waals surface area contributed by atoms with Gasteiger partial charge in [0, 0.05) is 55.0 Å². The summed E-state index contributed by atoms with van der Waals surface area (Å²) in [5.41, 5.74) is 3.03. The van der Waals surface area contributed by atoms with E-state index in [1.807, 2.05) is 41.4 Å². The van der Waals surface area contributed by atoms with E-state index in [4.69, 9.17) is 21.1 Å². The van der Waals surface area contributed by atoms with Crippen molar-refractivity contribution in [3.8, 4) is 17.2 Å². The molecule has 9 heteroatoms. The Balaban J connectivity index is 0.971. The van der Waals surface area contributed by atoms with Crippen LogP contribution < -0.4 is 14.4 Å². The molecule has 3 aromatic rings. The van der Waals surface area contributed by atoms with Gasteiger partial charge in [0.05, 0.1) is 36.7 Å². The Hall–Kier alpha value is -3.78. The number of methoxy groups -OCH3 is 1. The van der Waals surface area contributed by atoms with E-state index in [1.165, 1.54) is 0 Å². The fraction of sp³-hybridized carbons (Fsp3) is 0.457. The molecule has 0 bridgehead atoms. The smallest absolute Gasteiger partial charge is 0.256 e. The van der Waals surface area contributed by atoms with Crippen molar-refractivity contribution in [2.24, 2.45) is 4.99 Å². The van der Waals surface area contributed by atoms with Crippen molar-refractivity contribution in [3.63, 3.8) is 0 Å². The summed E-state index contributed by atoms with van der Waals surface area (Å²) < 4.78 is 11.6. The van der Waals surface area contributed by atoms with Crippen LogP contribution >= 0.6 is 11.6 Å². The number of hydrogen-bond donors (Lipinski definition) is 1. The average molecular weight is 618 g/mol. The van der Waals surface area contributed by atoms with Crippen LogP contribution in [0.1, 0.15) is 79.6 Å². The standard InChI is InChI=1S/C35H40ClN3O5/c1-43-31-17-27-28(37-21-24-11-8-9-15-38(24)35(27)42)18-32(31)44-16-10-4-2-3-5-14-33(41)39-22-23(20-36)34-26-13-7-6-12-25(26)30(40)19-29(34)39/h6-7,12-13,17-19,21,23-24,40H,2-5,8-11,14-16,20,22H2,1H3/t23-,24+/m1/s1. The number of piperidine rings is 1. The number of aromatic hydroxyl groups is 1. The maximum Gasteiger partial charge on any atom is 0.256 e. The molecule has 1 N–H and O–H groups in total. The molecule has 0 aliphatic carbocycles. The Kier molecular flexibility index (Phi) is 9.26. The molecule has 6 rings (SSSR count). The van der Waals surface area contributed by atoms with Gasteiger partial charge in [0.2, 0.25) is 5.91 Å². The first-order valence-electron chi connectivity index (χ1n) is 15.8. The number of amides is 2. The molecule has 3 aromatic carbocycles. The van der Waals surface area contributed by atoms with E-state index in [0.29, 0.717) is 48.2 Å². The van der Waals surface area contributed by atoms with Crippen molar-refractivity contribution < 1.29 is 24.2 Å². The number of carbonyl (C=O) groups excluding carboxylic acids is 2. The van der Waals surface area contributed by atoms with Gasteiger partial charge in [-0.15, -0.1) is 11.6 Å². The zero-order chi connectivity index (χ0) is 30.6. The number of carbonyl (C=O) groups is 2. The molecule has 1 fully saturated rings. The number of phenols is 1. The predicted octanol–water partition coefficient (Wildman–Crippen LogP) is 7.35. The number of rotatable bonds is 11. The zero-order valence-corrected chi connectivity index (χ0v) is 26.0. The highest BCUT2D eigenvalue weighted by molar-refractivity contribution is 6.19. The fourth-order valence-electron chi connectivity index (χ4n) is 6.80. The molecule has 0 radical (unpaired) electrons. The largest absolute Gasteiger partial charge is 0.507 e. The van der Waals surface area contributed by atoms with Gasteiger partial charge in [-0.25, -0.2) is 0 Å². The van der Waals surface area contributed by atoms with Crippen LogP contribution in [0.3, 0.4) is 0 Å². The minimum Gasteiger partial charge on any atom is -0.507 e. The van der Waals surface area contributed by atoms with Crippen LogP contribution in [0.2, 0.25) is 0 Å². The van der Waals surface area contributed by atoms with Gasteiger partial charge in [-0.1, -0.05) is 43.5 Å². The third kappa shape index (κ3) is 5.96. The highest BCUT2D eigenvalue weighted by Crippen LogP contribution is 2.45. The third-order valence-corrected chi connectivity index (χ3v) is 9.51. The third-order valence-electron chi connectivity index (χ3n) is 9.13.